The second-order valence-electron chi connectivity index (χ2n) is 8.05. The van der Waals surface area contributed by atoms with Crippen LogP contribution in [0, 0.1) is 11.3 Å². The standard InChI is InChI=1S/C22H27NO3S/c1-5-26-21(25)18-16-12-11-15(22(2,3)4)13-17(16)27-20(18)23-19(24)14-9-7-6-8-10-14/h6-10,15H,5,11-13H2,1-4H3,(H,23,24). The van der Waals surface area contributed by atoms with Gasteiger partial charge in [-0.25, -0.2) is 4.79 Å². The van der Waals surface area contributed by atoms with Gasteiger partial charge in [-0.05, 0) is 55.2 Å². The lowest BCUT2D eigenvalue weighted by molar-refractivity contribution is 0.0526. The smallest absolute Gasteiger partial charge is 0.341 e. The van der Waals surface area contributed by atoms with Crippen LogP contribution in [-0.2, 0) is 17.6 Å². The molecule has 0 aliphatic heterocycles. The first-order valence-corrected chi connectivity index (χ1v) is 10.3. The Kier molecular flexibility index (Phi) is 5.70. The molecule has 1 aromatic heterocycles. The van der Waals surface area contributed by atoms with Crippen molar-refractivity contribution in [2.45, 2.75) is 47.0 Å². The fourth-order valence-electron chi connectivity index (χ4n) is 3.60. The molecule has 4 nitrogen and oxygen atoms in total. The van der Waals surface area contributed by atoms with E-state index in [4.69, 9.17) is 4.74 Å². The molecule has 1 aliphatic carbocycles. The predicted octanol–water partition coefficient (Wildman–Crippen LogP) is 5.33. The van der Waals surface area contributed by atoms with Gasteiger partial charge in [0.1, 0.15) is 5.00 Å². The van der Waals surface area contributed by atoms with Crippen LogP contribution < -0.4 is 5.32 Å². The number of nitrogens with one attached hydrogen (secondary N) is 1. The Balaban J connectivity index is 1.94. The molecular weight excluding hydrogens is 358 g/mol. The fraction of sp³-hybridized carbons (Fsp3) is 0.455. The summed E-state index contributed by atoms with van der Waals surface area (Å²) in [4.78, 5) is 26.5. The van der Waals surface area contributed by atoms with Crippen molar-refractivity contribution in [1.82, 2.24) is 0 Å². The van der Waals surface area contributed by atoms with Crippen LogP contribution in [0.15, 0.2) is 30.3 Å². The first-order valence-electron chi connectivity index (χ1n) is 9.49. The molecule has 27 heavy (non-hydrogen) atoms. The molecule has 0 bridgehead atoms. The molecule has 5 heteroatoms. The zero-order valence-electron chi connectivity index (χ0n) is 16.4. The van der Waals surface area contributed by atoms with Crippen molar-refractivity contribution < 1.29 is 14.3 Å². The number of rotatable bonds is 4. The van der Waals surface area contributed by atoms with Crippen molar-refractivity contribution in [1.29, 1.82) is 0 Å². The molecule has 1 aromatic carbocycles. The highest BCUT2D eigenvalue weighted by Gasteiger charge is 2.34. The average Bonchev–Trinajstić information content (AvgIpc) is 2.99. The van der Waals surface area contributed by atoms with E-state index in [9.17, 15) is 9.59 Å². The third-order valence-electron chi connectivity index (χ3n) is 5.23. The summed E-state index contributed by atoms with van der Waals surface area (Å²) in [5, 5.41) is 3.57. The van der Waals surface area contributed by atoms with Crippen molar-refractivity contribution in [3.8, 4) is 0 Å². The number of fused-ring (bicyclic) bond motifs is 1. The largest absolute Gasteiger partial charge is 0.462 e. The van der Waals surface area contributed by atoms with Gasteiger partial charge in [0.05, 0.1) is 12.2 Å². The number of amides is 1. The minimum absolute atomic E-state index is 0.202. The van der Waals surface area contributed by atoms with Crippen LogP contribution in [-0.4, -0.2) is 18.5 Å². The molecule has 3 rings (SSSR count). The van der Waals surface area contributed by atoms with Crippen LogP contribution in [0.5, 0.6) is 0 Å². The van der Waals surface area contributed by atoms with Crippen LogP contribution >= 0.6 is 11.3 Å². The van der Waals surface area contributed by atoms with E-state index >= 15 is 0 Å². The van der Waals surface area contributed by atoms with Gasteiger partial charge in [0, 0.05) is 10.4 Å². The number of benzene rings is 1. The van der Waals surface area contributed by atoms with Crippen molar-refractivity contribution in [2.75, 3.05) is 11.9 Å². The molecule has 1 atom stereocenters. The lowest BCUT2D eigenvalue weighted by Crippen LogP contribution is -2.26. The van der Waals surface area contributed by atoms with Crippen molar-refractivity contribution in [3.05, 3.63) is 51.9 Å². The highest BCUT2D eigenvalue weighted by atomic mass is 32.1. The van der Waals surface area contributed by atoms with Gasteiger partial charge in [-0.2, -0.15) is 0 Å². The summed E-state index contributed by atoms with van der Waals surface area (Å²) < 4.78 is 5.29. The predicted molar refractivity (Wildman–Crippen MR) is 110 cm³/mol. The summed E-state index contributed by atoms with van der Waals surface area (Å²) in [6.07, 6.45) is 2.84. The molecule has 1 heterocycles. The molecule has 0 spiro atoms. The van der Waals surface area contributed by atoms with Gasteiger partial charge in [0.15, 0.2) is 0 Å². The molecule has 1 N–H and O–H groups in total. The molecule has 0 fully saturated rings. The van der Waals surface area contributed by atoms with E-state index in [1.807, 2.05) is 18.2 Å². The minimum Gasteiger partial charge on any atom is -0.462 e. The second-order valence-corrected chi connectivity index (χ2v) is 9.16. The van der Waals surface area contributed by atoms with Crippen molar-refractivity contribution in [2.24, 2.45) is 11.3 Å². The van der Waals surface area contributed by atoms with Crippen molar-refractivity contribution in [3.63, 3.8) is 0 Å². The van der Waals surface area contributed by atoms with Crippen LogP contribution in [0.3, 0.4) is 0 Å². The second kappa shape index (κ2) is 7.85. The number of carbonyl (C=O) groups is 2. The Morgan fingerprint density at radius 3 is 2.56 bits per heavy atom. The summed E-state index contributed by atoms with van der Waals surface area (Å²) in [7, 11) is 0. The molecule has 1 amide bonds. The van der Waals surface area contributed by atoms with Crippen LogP contribution in [0.1, 0.15) is 65.3 Å². The zero-order valence-corrected chi connectivity index (χ0v) is 17.2. The van der Waals surface area contributed by atoms with E-state index in [0.29, 0.717) is 28.7 Å². The van der Waals surface area contributed by atoms with Gasteiger partial charge in [-0.15, -0.1) is 11.3 Å². The Morgan fingerprint density at radius 1 is 1.22 bits per heavy atom. The first-order chi connectivity index (χ1) is 12.8. The van der Waals surface area contributed by atoms with Gasteiger partial charge in [0.25, 0.3) is 5.91 Å². The maximum Gasteiger partial charge on any atom is 0.341 e. The highest BCUT2D eigenvalue weighted by Crippen LogP contribution is 2.44. The van der Waals surface area contributed by atoms with E-state index in [-0.39, 0.29) is 17.3 Å². The van der Waals surface area contributed by atoms with Crippen LogP contribution in [0.2, 0.25) is 0 Å². The third kappa shape index (κ3) is 4.24. The fourth-order valence-corrected chi connectivity index (χ4v) is 4.91. The van der Waals surface area contributed by atoms with Crippen molar-refractivity contribution >= 4 is 28.2 Å². The summed E-state index contributed by atoms with van der Waals surface area (Å²) in [5.74, 6) is 0.0241. The lowest BCUT2D eigenvalue weighted by Gasteiger charge is -2.33. The summed E-state index contributed by atoms with van der Waals surface area (Å²) in [5.41, 5.74) is 2.40. The SMILES string of the molecule is CCOC(=O)c1c(NC(=O)c2ccccc2)sc2c1CCC(C(C)(C)C)C2. The van der Waals surface area contributed by atoms with Crippen LogP contribution in [0.25, 0.3) is 0 Å². The topological polar surface area (TPSA) is 55.4 Å². The number of ether oxygens (including phenoxy) is 1. The minimum atomic E-state index is -0.340. The Labute approximate surface area is 164 Å². The van der Waals surface area contributed by atoms with E-state index in [1.165, 1.54) is 16.2 Å². The first kappa shape index (κ1) is 19.6. The molecular formula is C22H27NO3S. The summed E-state index contributed by atoms with van der Waals surface area (Å²) in [6.45, 7) is 8.91. The third-order valence-corrected chi connectivity index (χ3v) is 6.40. The van der Waals surface area contributed by atoms with E-state index in [2.05, 4.69) is 26.1 Å². The normalized spacial score (nSPS) is 16.5. The molecule has 0 radical (unpaired) electrons. The monoisotopic (exact) mass is 385 g/mol. The Morgan fingerprint density at radius 2 is 1.93 bits per heavy atom. The number of hydrogen-bond acceptors (Lipinski definition) is 4. The summed E-state index contributed by atoms with van der Waals surface area (Å²) >= 11 is 1.53. The molecule has 144 valence electrons. The molecule has 0 saturated heterocycles. The Hall–Kier alpha value is -2.14. The van der Waals surface area contributed by atoms with Crippen LogP contribution in [0.4, 0.5) is 5.00 Å². The lowest BCUT2D eigenvalue weighted by atomic mass is 9.72. The Bertz CT molecular complexity index is 833. The maximum atomic E-state index is 12.6. The van der Waals surface area contributed by atoms with Gasteiger partial charge in [0.2, 0.25) is 0 Å². The molecule has 1 aliphatic rings. The number of anilines is 1. The zero-order chi connectivity index (χ0) is 19.6. The highest BCUT2D eigenvalue weighted by molar-refractivity contribution is 7.17. The quantitative estimate of drug-likeness (QED) is 0.724. The van der Waals surface area contributed by atoms with Gasteiger partial charge >= 0.3 is 5.97 Å². The van der Waals surface area contributed by atoms with Gasteiger partial charge < -0.3 is 10.1 Å². The maximum absolute atomic E-state index is 12.6. The molecule has 1 unspecified atom stereocenters. The van der Waals surface area contributed by atoms with Gasteiger partial charge in [-0.1, -0.05) is 39.0 Å². The molecule has 0 saturated carbocycles. The average molecular weight is 386 g/mol. The van der Waals surface area contributed by atoms with Gasteiger partial charge in [-0.3, -0.25) is 4.79 Å². The molecule has 2 aromatic rings. The van der Waals surface area contributed by atoms with E-state index in [0.717, 1.165) is 24.8 Å². The summed E-state index contributed by atoms with van der Waals surface area (Å²) in [6, 6.07) is 9.06. The van der Waals surface area contributed by atoms with E-state index in [1.54, 1.807) is 19.1 Å². The van der Waals surface area contributed by atoms with E-state index < -0.39 is 0 Å². The number of carbonyl (C=O) groups excluding carboxylic acids is 2. The number of esters is 1. The number of hydrogen-bond donors (Lipinski definition) is 1. The number of thiophene rings is 1.